The molecule has 78 valence electrons. The van der Waals surface area contributed by atoms with E-state index in [1.807, 2.05) is 13.8 Å². The molecule has 0 radical (unpaired) electrons. The zero-order chi connectivity index (χ0) is 10.8. The summed E-state index contributed by atoms with van der Waals surface area (Å²) in [6.07, 6.45) is 0. The van der Waals surface area contributed by atoms with Gasteiger partial charge >= 0.3 is 0 Å². The second kappa shape index (κ2) is 4.33. The second-order valence-electron chi connectivity index (χ2n) is 3.09. The smallest absolute Gasteiger partial charge is 0.282 e. The molecule has 0 aliphatic carbocycles. The predicted octanol–water partition coefficient (Wildman–Crippen LogP) is 2.43. The minimum atomic E-state index is -4.10. The van der Waals surface area contributed by atoms with Crippen LogP contribution < -0.4 is 0 Å². The zero-order valence-corrected chi connectivity index (χ0v) is 9.60. The molecule has 0 aliphatic heterocycles. The lowest BCUT2D eigenvalue weighted by Gasteiger charge is -2.08. The lowest BCUT2D eigenvalue weighted by molar-refractivity contribution is 0.481. The van der Waals surface area contributed by atoms with Crippen molar-refractivity contribution in [3.05, 3.63) is 24.3 Å². The Balaban J connectivity index is 3.17. The van der Waals surface area contributed by atoms with E-state index in [9.17, 15) is 8.42 Å². The monoisotopic (exact) mass is 232 g/mol. The van der Waals surface area contributed by atoms with Gasteiger partial charge in [0, 0.05) is 10.1 Å². The van der Waals surface area contributed by atoms with Crippen LogP contribution in [0.15, 0.2) is 34.1 Å². The minimum Gasteiger partial charge on any atom is -0.282 e. The Morgan fingerprint density at radius 1 is 1.29 bits per heavy atom. The summed E-state index contributed by atoms with van der Waals surface area (Å²) < 4.78 is 30.9. The topological polar surface area (TPSA) is 54.4 Å². The van der Waals surface area contributed by atoms with Crippen molar-refractivity contribution >= 4 is 21.9 Å². The van der Waals surface area contributed by atoms with Gasteiger partial charge in [-0.15, -0.1) is 11.8 Å². The summed E-state index contributed by atoms with van der Waals surface area (Å²) in [6.45, 7) is 3.93. The molecule has 5 heteroatoms. The van der Waals surface area contributed by atoms with Crippen LogP contribution in [0.4, 0.5) is 0 Å². The first-order valence-corrected chi connectivity index (χ1v) is 6.46. The lowest BCUT2D eigenvalue weighted by atomic mass is 10.4. The van der Waals surface area contributed by atoms with E-state index in [0.29, 0.717) is 4.90 Å². The highest BCUT2D eigenvalue weighted by Crippen LogP contribution is 2.29. The molecule has 0 fully saturated rings. The SMILES string of the molecule is CC(C)Sc1ccccc1S(=O)(=O)O. The van der Waals surface area contributed by atoms with Crippen molar-refractivity contribution in [3.8, 4) is 0 Å². The van der Waals surface area contributed by atoms with Crippen molar-refractivity contribution < 1.29 is 13.0 Å². The summed E-state index contributed by atoms with van der Waals surface area (Å²) in [7, 11) is -4.10. The molecule has 1 rings (SSSR count). The quantitative estimate of drug-likeness (QED) is 0.642. The summed E-state index contributed by atoms with van der Waals surface area (Å²) in [6, 6.07) is 6.43. The summed E-state index contributed by atoms with van der Waals surface area (Å²) >= 11 is 1.41. The van der Waals surface area contributed by atoms with Crippen molar-refractivity contribution in [1.29, 1.82) is 0 Å². The van der Waals surface area contributed by atoms with Gasteiger partial charge in [0.25, 0.3) is 10.1 Å². The number of hydrogen-bond acceptors (Lipinski definition) is 3. The molecule has 0 atom stereocenters. The van der Waals surface area contributed by atoms with E-state index >= 15 is 0 Å². The summed E-state index contributed by atoms with van der Waals surface area (Å²) in [5.41, 5.74) is 0. The molecule has 0 saturated carbocycles. The van der Waals surface area contributed by atoms with Gasteiger partial charge < -0.3 is 0 Å². The van der Waals surface area contributed by atoms with Gasteiger partial charge in [-0.2, -0.15) is 8.42 Å². The zero-order valence-electron chi connectivity index (χ0n) is 7.97. The molecule has 1 N–H and O–H groups in total. The molecule has 0 amide bonds. The summed E-state index contributed by atoms with van der Waals surface area (Å²) in [4.78, 5) is 0.573. The van der Waals surface area contributed by atoms with E-state index in [1.54, 1.807) is 18.2 Å². The molecule has 0 aromatic heterocycles. The van der Waals surface area contributed by atoms with Gasteiger partial charge in [0.15, 0.2) is 0 Å². The number of benzene rings is 1. The lowest BCUT2D eigenvalue weighted by Crippen LogP contribution is -2.01. The Morgan fingerprint density at radius 3 is 2.36 bits per heavy atom. The fourth-order valence-electron chi connectivity index (χ4n) is 1.01. The standard InChI is InChI=1S/C9H12O3S2/c1-7(2)13-8-5-3-4-6-9(8)14(10,11)12/h3-7H,1-2H3,(H,10,11,12). The Kier molecular flexibility index (Phi) is 3.58. The third-order valence-electron chi connectivity index (χ3n) is 1.49. The maximum atomic E-state index is 11.0. The van der Waals surface area contributed by atoms with Crippen LogP contribution in [0.1, 0.15) is 13.8 Å². The van der Waals surface area contributed by atoms with Crippen LogP contribution in [0.5, 0.6) is 0 Å². The third kappa shape index (κ3) is 3.01. The van der Waals surface area contributed by atoms with Crippen molar-refractivity contribution in [2.75, 3.05) is 0 Å². The highest BCUT2D eigenvalue weighted by Gasteiger charge is 2.15. The maximum Gasteiger partial charge on any atom is 0.295 e. The molecule has 3 nitrogen and oxygen atoms in total. The van der Waals surface area contributed by atoms with Crippen molar-refractivity contribution in [1.82, 2.24) is 0 Å². The highest BCUT2D eigenvalue weighted by atomic mass is 32.2. The molecule has 1 aromatic carbocycles. The van der Waals surface area contributed by atoms with Crippen molar-refractivity contribution in [2.45, 2.75) is 28.9 Å². The third-order valence-corrected chi connectivity index (χ3v) is 3.61. The van der Waals surface area contributed by atoms with E-state index in [-0.39, 0.29) is 10.1 Å². The number of hydrogen-bond donors (Lipinski definition) is 1. The predicted molar refractivity (Wildman–Crippen MR) is 57.2 cm³/mol. The Hall–Kier alpha value is -0.520. The molecule has 0 saturated heterocycles. The van der Waals surface area contributed by atoms with Gasteiger partial charge in [0.1, 0.15) is 4.90 Å². The average molecular weight is 232 g/mol. The second-order valence-corrected chi connectivity index (χ2v) is 6.10. The van der Waals surface area contributed by atoms with Gasteiger partial charge in [-0.25, -0.2) is 0 Å². The largest absolute Gasteiger partial charge is 0.295 e. The van der Waals surface area contributed by atoms with E-state index in [4.69, 9.17) is 4.55 Å². The molecule has 14 heavy (non-hydrogen) atoms. The number of rotatable bonds is 3. The minimum absolute atomic E-state index is 0.0151. The van der Waals surface area contributed by atoms with Gasteiger partial charge in [0.05, 0.1) is 0 Å². The normalized spacial score (nSPS) is 12.0. The van der Waals surface area contributed by atoms with Crippen LogP contribution in [-0.4, -0.2) is 18.2 Å². The van der Waals surface area contributed by atoms with Crippen LogP contribution in [0.2, 0.25) is 0 Å². The maximum absolute atomic E-state index is 11.0. The van der Waals surface area contributed by atoms with E-state index in [2.05, 4.69) is 0 Å². The molecular formula is C9H12O3S2. The fourth-order valence-corrected chi connectivity index (χ4v) is 2.90. The molecule has 0 spiro atoms. The van der Waals surface area contributed by atoms with Crippen LogP contribution in [0.3, 0.4) is 0 Å². The molecule has 0 aliphatic rings. The number of thioether (sulfide) groups is 1. The van der Waals surface area contributed by atoms with E-state index in [1.165, 1.54) is 17.8 Å². The van der Waals surface area contributed by atoms with E-state index < -0.39 is 10.1 Å². The fraction of sp³-hybridized carbons (Fsp3) is 0.333. The Bertz CT molecular complexity index is 410. The summed E-state index contributed by atoms with van der Waals surface area (Å²) in [5.74, 6) is 0. The van der Waals surface area contributed by atoms with Crippen molar-refractivity contribution in [2.24, 2.45) is 0 Å². The Labute approximate surface area is 88.3 Å². The van der Waals surface area contributed by atoms with Gasteiger partial charge in [-0.05, 0) is 12.1 Å². The summed E-state index contributed by atoms with van der Waals surface area (Å²) in [5, 5.41) is 0.276. The molecule has 0 bridgehead atoms. The van der Waals surface area contributed by atoms with Gasteiger partial charge in [0.2, 0.25) is 0 Å². The first-order valence-electron chi connectivity index (χ1n) is 4.14. The van der Waals surface area contributed by atoms with Crippen LogP contribution in [0, 0.1) is 0 Å². The Morgan fingerprint density at radius 2 is 1.86 bits per heavy atom. The molecule has 1 aromatic rings. The van der Waals surface area contributed by atoms with Gasteiger partial charge in [-0.1, -0.05) is 26.0 Å². The van der Waals surface area contributed by atoms with Gasteiger partial charge in [-0.3, -0.25) is 4.55 Å². The van der Waals surface area contributed by atoms with E-state index in [0.717, 1.165) is 0 Å². The molecular weight excluding hydrogens is 220 g/mol. The van der Waals surface area contributed by atoms with Crippen LogP contribution in [0.25, 0.3) is 0 Å². The van der Waals surface area contributed by atoms with Crippen molar-refractivity contribution in [3.63, 3.8) is 0 Å². The first-order chi connectivity index (χ1) is 6.41. The first kappa shape index (κ1) is 11.6. The highest BCUT2D eigenvalue weighted by molar-refractivity contribution is 8.00. The average Bonchev–Trinajstić information content (AvgIpc) is 2.01. The van der Waals surface area contributed by atoms with Crippen LogP contribution >= 0.6 is 11.8 Å². The molecule has 0 unspecified atom stereocenters. The van der Waals surface area contributed by atoms with Crippen LogP contribution in [-0.2, 0) is 10.1 Å². The molecule has 0 heterocycles.